The zero-order valence-electron chi connectivity index (χ0n) is 26.7. The SMILES string of the molecule is Cc1ccc(CN(C(=O)CN(c2cccc(C)c2C)S(=O)(=O)c2ccccc2)[C@@H](Cc2ccccc2)C(=O)NCC(C)C)cc1. The molecule has 1 N–H and O–H groups in total. The van der Waals surface area contributed by atoms with Gasteiger partial charge in [-0.3, -0.25) is 13.9 Å². The molecule has 0 aliphatic rings. The van der Waals surface area contributed by atoms with E-state index in [1.807, 2.05) is 95.3 Å². The van der Waals surface area contributed by atoms with E-state index in [1.54, 1.807) is 30.3 Å². The molecule has 0 aromatic heterocycles. The minimum absolute atomic E-state index is 0.0827. The number of hydrogen-bond donors (Lipinski definition) is 1. The zero-order chi connectivity index (χ0) is 32.6. The van der Waals surface area contributed by atoms with Gasteiger partial charge in [0.25, 0.3) is 10.0 Å². The first-order valence-electron chi connectivity index (χ1n) is 15.3. The average Bonchev–Trinajstić information content (AvgIpc) is 3.03. The lowest BCUT2D eigenvalue weighted by Gasteiger charge is -2.34. The van der Waals surface area contributed by atoms with Crippen molar-refractivity contribution in [1.82, 2.24) is 10.2 Å². The van der Waals surface area contributed by atoms with E-state index in [-0.39, 0.29) is 29.7 Å². The van der Waals surface area contributed by atoms with Gasteiger partial charge in [-0.2, -0.15) is 0 Å². The highest BCUT2D eigenvalue weighted by Crippen LogP contribution is 2.29. The monoisotopic (exact) mass is 625 g/mol. The average molecular weight is 626 g/mol. The van der Waals surface area contributed by atoms with E-state index < -0.39 is 28.5 Å². The van der Waals surface area contributed by atoms with E-state index >= 15 is 0 Å². The molecular weight excluding hydrogens is 582 g/mol. The third-order valence-electron chi connectivity index (χ3n) is 7.88. The van der Waals surface area contributed by atoms with Crippen LogP contribution in [0.5, 0.6) is 0 Å². The lowest BCUT2D eigenvalue weighted by molar-refractivity contribution is -0.140. The van der Waals surface area contributed by atoms with Gasteiger partial charge in [0.05, 0.1) is 10.6 Å². The standard InChI is InChI=1S/C37H43N3O4S/c1-27(2)24-38-37(42)35(23-31-14-8-6-9-15-31)39(25-32-21-19-28(3)20-22-32)36(41)26-40(34-18-12-13-29(4)30(34)5)45(43,44)33-16-10-7-11-17-33/h6-22,27,35H,23-26H2,1-5H3,(H,38,42)/t35-/m0/s1. The van der Waals surface area contributed by atoms with Gasteiger partial charge in [0.1, 0.15) is 12.6 Å². The molecule has 0 fully saturated rings. The van der Waals surface area contributed by atoms with Crippen molar-refractivity contribution in [2.45, 2.75) is 58.5 Å². The predicted octanol–water partition coefficient (Wildman–Crippen LogP) is 6.22. The van der Waals surface area contributed by atoms with Crippen molar-refractivity contribution in [1.29, 1.82) is 0 Å². The first-order valence-corrected chi connectivity index (χ1v) is 16.7. The van der Waals surface area contributed by atoms with Crippen LogP contribution in [0.1, 0.15) is 41.7 Å². The van der Waals surface area contributed by atoms with Gasteiger partial charge in [-0.05, 0) is 67.1 Å². The molecule has 4 aromatic rings. The fourth-order valence-corrected chi connectivity index (χ4v) is 6.60. The highest BCUT2D eigenvalue weighted by molar-refractivity contribution is 7.92. The van der Waals surface area contributed by atoms with Crippen LogP contribution in [0.3, 0.4) is 0 Å². The summed E-state index contributed by atoms with van der Waals surface area (Å²) in [6.07, 6.45) is 0.275. The molecule has 0 radical (unpaired) electrons. The maximum atomic E-state index is 14.6. The number of amides is 2. The van der Waals surface area contributed by atoms with E-state index in [2.05, 4.69) is 5.32 Å². The summed E-state index contributed by atoms with van der Waals surface area (Å²) in [4.78, 5) is 30.1. The molecule has 0 unspecified atom stereocenters. The largest absolute Gasteiger partial charge is 0.354 e. The number of anilines is 1. The van der Waals surface area contributed by atoms with Gasteiger partial charge in [-0.1, -0.05) is 104 Å². The number of carbonyl (C=O) groups is 2. The number of sulfonamides is 1. The van der Waals surface area contributed by atoms with Crippen molar-refractivity contribution < 1.29 is 18.0 Å². The Hall–Kier alpha value is -4.43. The number of nitrogens with one attached hydrogen (secondary N) is 1. The van der Waals surface area contributed by atoms with E-state index in [4.69, 9.17) is 0 Å². The van der Waals surface area contributed by atoms with Crippen LogP contribution in [-0.2, 0) is 32.6 Å². The quantitative estimate of drug-likeness (QED) is 0.191. The van der Waals surface area contributed by atoms with Crippen LogP contribution in [0.15, 0.2) is 108 Å². The summed E-state index contributed by atoms with van der Waals surface area (Å²) < 4.78 is 29.6. The number of carbonyl (C=O) groups excluding carboxylic acids is 2. The molecule has 0 bridgehead atoms. The first kappa shape index (κ1) is 33.5. The van der Waals surface area contributed by atoms with Crippen molar-refractivity contribution in [2.24, 2.45) is 5.92 Å². The Balaban J connectivity index is 1.82. The van der Waals surface area contributed by atoms with Crippen LogP contribution in [0.25, 0.3) is 0 Å². The van der Waals surface area contributed by atoms with Gasteiger partial charge in [0.15, 0.2) is 0 Å². The fraction of sp³-hybridized carbons (Fsp3) is 0.297. The Bertz CT molecular complexity index is 1690. The Kier molecular flexibility index (Phi) is 11.2. The molecule has 4 rings (SSSR count). The summed E-state index contributed by atoms with van der Waals surface area (Å²) in [5, 5.41) is 3.03. The van der Waals surface area contributed by atoms with Crippen LogP contribution in [0.4, 0.5) is 5.69 Å². The van der Waals surface area contributed by atoms with E-state index in [0.29, 0.717) is 12.2 Å². The van der Waals surface area contributed by atoms with Crippen LogP contribution in [-0.4, -0.2) is 44.3 Å². The lowest BCUT2D eigenvalue weighted by Crippen LogP contribution is -2.53. The third-order valence-corrected chi connectivity index (χ3v) is 9.66. The molecular formula is C37H43N3O4S. The maximum Gasteiger partial charge on any atom is 0.264 e. The van der Waals surface area contributed by atoms with Crippen molar-refractivity contribution in [3.05, 3.63) is 131 Å². The molecule has 0 saturated carbocycles. The molecule has 4 aromatic carbocycles. The molecule has 0 heterocycles. The summed E-state index contributed by atoms with van der Waals surface area (Å²) in [7, 11) is -4.14. The lowest BCUT2D eigenvalue weighted by atomic mass is 10.0. The Morgan fingerprint density at radius 1 is 0.756 bits per heavy atom. The normalized spacial score (nSPS) is 12.0. The second-order valence-corrected chi connectivity index (χ2v) is 13.8. The zero-order valence-corrected chi connectivity index (χ0v) is 27.6. The topological polar surface area (TPSA) is 86.8 Å². The van der Waals surface area contributed by atoms with E-state index in [0.717, 1.165) is 27.8 Å². The van der Waals surface area contributed by atoms with Crippen molar-refractivity contribution >= 4 is 27.5 Å². The second-order valence-electron chi connectivity index (χ2n) is 11.9. The number of rotatable bonds is 13. The molecule has 236 valence electrons. The predicted molar refractivity (Wildman–Crippen MR) is 180 cm³/mol. The summed E-state index contributed by atoms with van der Waals surface area (Å²) in [5.74, 6) is -0.544. The van der Waals surface area contributed by atoms with Crippen LogP contribution < -0.4 is 9.62 Å². The molecule has 0 aliphatic heterocycles. The van der Waals surface area contributed by atoms with Gasteiger partial charge in [-0.25, -0.2) is 8.42 Å². The molecule has 1 atom stereocenters. The van der Waals surface area contributed by atoms with E-state index in [9.17, 15) is 18.0 Å². The van der Waals surface area contributed by atoms with Gasteiger partial charge in [0.2, 0.25) is 11.8 Å². The Morgan fingerprint density at radius 3 is 2.00 bits per heavy atom. The van der Waals surface area contributed by atoms with Gasteiger partial charge in [0, 0.05) is 19.5 Å². The Labute approximate surface area is 268 Å². The second kappa shape index (κ2) is 15.0. The van der Waals surface area contributed by atoms with Crippen LogP contribution in [0, 0.1) is 26.7 Å². The highest BCUT2D eigenvalue weighted by Gasteiger charge is 2.35. The number of benzene rings is 4. The molecule has 0 aliphatic carbocycles. The molecule has 45 heavy (non-hydrogen) atoms. The number of nitrogens with zero attached hydrogens (tertiary/aromatic N) is 2. The third kappa shape index (κ3) is 8.60. The summed E-state index contributed by atoms with van der Waals surface area (Å²) in [6, 6.07) is 30.0. The van der Waals surface area contributed by atoms with Gasteiger partial charge < -0.3 is 10.2 Å². The molecule has 8 heteroatoms. The molecule has 7 nitrogen and oxygen atoms in total. The van der Waals surface area contributed by atoms with Crippen molar-refractivity contribution in [3.8, 4) is 0 Å². The smallest absolute Gasteiger partial charge is 0.264 e. The van der Waals surface area contributed by atoms with Crippen LogP contribution >= 0.6 is 0 Å². The minimum Gasteiger partial charge on any atom is -0.354 e. The molecule has 2 amide bonds. The molecule has 0 spiro atoms. The fourth-order valence-electron chi connectivity index (χ4n) is 5.11. The maximum absolute atomic E-state index is 14.6. The summed E-state index contributed by atoms with van der Waals surface area (Å²) in [6.45, 7) is 9.88. The number of aryl methyl sites for hydroxylation is 2. The highest BCUT2D eigenvalue weighted by atomic mass is 32.2. The first-order chi connectivity index (χ1) is 21.5. The summed E-state index contributed by atoms with van der Waals surface area (Å²) in [5.41, 5.74) is 4.89. The van der Waals surface area contributed by atoms with Crippen molar-refractivity contribution in [3.63, 3.8) is 0 Å². The van der Waals surface area contributed by atoms with Gasteiger partial charge in [-0.15, -0.1) is 0 Å². The minimum atomic E-state index is -4.14. The number of hydrogen-bond acceptors (Lipinski definition) is 4. The van der Waals surface area contributed by atoms with E-state index in [1.165, 1.54) is 21.3 Å². The Morgan fingerprint density at radius 2 is 1.38 bits per heavy atom. The molecule has 0 saturated heterocycles. The summed E-state index contributed by atoms with van der Waals surface area (Å²) >= 11 is 0. The van der Waals surface area contributed by atoms with Crippen molar-refractivity contribution in [2.75, 3.05) is 17.4 Å². The van der Waals surface area contributed by atoms with Crippen LogP contribution in [0.2, 0.25) is 0 Å². The van der Waals surface area contributed by atoms with Gasteiger partial charge >= 0.3 is 0 Å².